The van der Waals surface area contributed by atoms with Crippen LogP contribution in [0.1, 0.15) is 25.7 Å². The number of nitrogens with one attached hydrogen (secondary N) is 1. The minimum atomic E-state index is -0.840. The first-order chi connectivity index (χ1) is 12.0. The lowest BCUT2D eigenvalue weighted by molar-refractivity contribution is -0.143. The summed E-state index contributed by atoms with van der Waals surface area (Å²) in [6.45, 7) is 2.32. The van der Waals surface area contributed by atoms with E-state index in [4.69, 9.17) is 5.11 Å². The lowest BCUT2D eigenvalue weighted by atomic mass is 9.98. The van der Waals surface area contributed by atoms with Gasteiger partial charge in [-0.05, 0) is 43.9 Å². The van der Waals surface area contributed by atoms with Gasteiger partial charge in [0.15, 0.2) is 0 Å². The maximum absolute atomic E-state index is 13.4. The van der Waals surface area contributed by atoms with Crippen molar-refractivity contribution in [1.82, 2.24) is 10.2 Å². The number of anilines is 1. The summed E-state index contributed by atoms with van der Waals surface area (Å²) in [4.78, 5) is 27.3. The van der Waals surface area contributed by atoms with E-state index in [0.29, 0.717) is 25.9 Å². The standard InChI is InChI=1S/C18H24FN3O3/c19-14-5-1-7-16(10-14)21-8-3-6-15(12-21)20-18(25)22-9-2-4-13(11-22)17(23)24/h1,5,7,10,13,15H,2-4,6,8-9,11-12H2,(H,20,25)(H,23,24). The van der Waals surface area contributed by atoms with E-state index in [-0.39, 0.29) is 24.4 Å². The molecular formula is C18H24FN3O3. The van der Waals surface area contributed by atoms with Crippen molar-refractivity contribution < 1.29 is 19.1 Å². The lowest BCUT2D eigenvalue weighted by Gasteiger charge is -2.37. The van der Waals surface area contributed by atoms with Gasteiger partial charge in [0.05, 0.1) is 5.92 Å². The molecule has 1 aromatic carbocycles. The van der Waals surface area contributed by atoms with Crippen molar-refractivity contribution in [2.45, 2.75) is 31.7 Å². The van der Waals surface area contributed by atoms with Crippen LogP contribution in [0.2, 0.25) is 0 Å². The molecule has 25 heavy (non-hydrogen) atoms. The van der Waals surface area contributed by atoms with E-state index < -0.39 is 11.9 Å². The lowest BCUT2D eigenvalue weighted by Crippen LogP contribution is -2.53. The number of nitrogens with zero attached hydrogens (tertiary/aromatic N) is 2. The van der Waals surface area contributed by atoms with Gasteiger partial charge in [0.25, 0.3) is 0 Å². The van der Waals surface area contributed by atoms with Gasteiger partial charge in [-0.15, -0.1) is 0 Å². The Bertz CT molecular complexity index is 640. The molecule has 2 aliphatic rings. The smallest absolute Gasteiger partial charge is 0.317 e. The van der Waals surface area contributed by atoms with Gasteiger partial charge in [0.1, 0.15) is 5.82 Å². The molecule has 7 heteroatoms. The molecule has 0 bridgehead atoms. The van der Waals surface area contributed by atoms with E-state index in [1.54, 1.807) is 11.0 Å². The van der Waals surface area contributed by atoms with Crippen LogP contribution in [0, 0.1) is 11.7 Å². The first-order valence-electron chi connectivity index (χ1n) is 8.81. The number of carbonyl (C=O) groups is 2. The Balaban J connectivity index is 1.57. The summed E-state index contributed by atoms with van der Waals surface area (Å²) in [6.07, 6.45) is 3.12. The van der Waals surface area contributed by atoms with Gasteiger partial charge >= 0.3 is 12.0 Å². The highest BCUT2D eigenvalue weighted by Gasteiger charge is 2.30. The van der Waals surface area contributed by atoms with Crippen molar-refractivity contribution in [1.29, 1.82) is 0 Å². The second-order valence-electron chi connectivity index (χ2n) is 6.84. The number of carboxylic acid groups (broad SMARTS) is 1. The van der Waals surface area contributed by atoms with Crippen molar-refractivity contribution >= 4 is 17.7 Å². The van der Waals surface area contributed by atoms with E-state index in [2.05, 4.69) is 10.2 Å². The maximum atomic E-state index is 13.4. The molecule has 2 amide bonds. The van der Waals surface area contributed by atoms with Crippen molar-refractivity contribution in [2.75, 3.05) is 31.1 Å². The maximum Gasteiger partial charge on any atom is 0.317 e. The highest BCUT2D eigenvalue weighted by molar-refractivity contribution is 5.77. The SMILES string of the molecule is O=C(O)C1CCCN(C(=O)NC2CCCN(c3cccc(F)c3)C2)C1. The molecular weight excluding hydrogens is 325 g/mol. The summed E-state index contributed by atoms with van der Waals surface area (Å²) in [5.74, 6) is -1.58. The number of likely N-dealkylation sites (tertiary alicyclic amines) is 1. The summed E-state index contributed by atoms with van der Waals surface area (Å²) in [7, 11) is 0. The molecule has 0 spiro atoms. The predicted octanol–water partition coefficient (Wildman–Crippen LogP) is 2.30. The first kappa shape index (κ1) is 17.5. The summed E-state index contributed by atoms with van der Waals surface area (Å²) in [6, 6.07) is 6.27. The van der Waals surface area contributed by atoms with Gasteiger partial charge in [0.2, 0.25) is 0 Å². The van der Waals surface area contributed by atoms with E-state index in [1.165, 1.54) is 12.1 Å². The third-order valence-corrected chi connectivity index (χ3v) is 4.98. The van der Waals surface area contributed by atoms with Crippen LogP contribution in [0.25, 0.3) is 0 Å². The fraction of sp³-hybridized carbons (Fsp3) is 0.556. The Labute approximate surface area is 146 Å². The van der Waals surface area contributed by atoms with Crippen LogP contribution < -0.4 is 10.2 Å². The van der Waals surface area contributed by atoms with Crippen molar-refractivity contribution in [3.63, 3.8) is 0 Å². The number of amides is 2. The second-order valence-corrected chi connectivity index (χ2v) is 6.84. The van der Waals surface area contributed by atoms with Gasteiger partial charge in [0, 0.05) is 37.9 Å². The molecule has 2 saturated heterocycles. The molecule has 2 atom stereocenters. The summed E-state index contributed by atoms with van der Waals surface area (Å²) < 4.78 is 13.4. The number of rotatable bonds is 3. The highest BCUT2D eigenvalue weighted by atomic mass is 19.1. The molecule has 2 fully saturated rings. The van der Waals surface area contributed by atoms with Gasteiger partial charge in [-0.1, -0.05) is 6.07 Å². The van der Waals surface area contributed by atoms with Crippen LogP contribution in [0.3, 0.4) is 0 Å². The summed E-state index contributed by atoms with van der Waals surface area (Å²) in [5.41, 5.74) is 0.822. The predicted molar refractivity (Wildman–Crippen MR) is 92.1 cm³/mol. The molecule has 2 N–H and O–H groups in total. The fourth-order valence-electron chi connectivity index (χ4n) is 3.63. The van der Waals surface area contributed by atoms with Crippen LogP contribution >= 0.6 is 0 Å². The van der Waals surface area contributed by atoms with Gasteiger partial charge < -0.3 is 20.2 Å². The average Bonchev–Trinajstić information content (AvgIpc) is 2.62. The zero-order chi connectivity index (χ0) is 17.8. The Hall–Kier alpha value is -2.31. The average molecular weight is 349 g/mol. The molecule has 2 aliphatic heterocycles. The fourth-order valence-corrected chi connectivity index (χ4v) is 3.63. The molecule has 0 aliphatic carbocycles. The molecule has 2 heterocycles. The topological polar surface area (TPSA) is 72.9 Å². The van der Waals surface area contributed by atoms with Crippen molar-refractivity contribution in [2.24, 2.45) is 5.92 Å². The van der Waals surface area contributed by atoms with Crippen molar-refractivity contribution in [3.05, 3.63) is 30.1 Å². The highest BCUT2D eigenvalue weighted by Crippen LogP contribution is 2.21. The normalized spacial score (nSPS) is 24.0. The molecule has 0 aromatic heterocycles. The largest absolute Gasteiger partial charge is 0.481 e. The summed E-state index contributed by atoms with van der Waals surface area (Å²) >= 11 is 0. The van der Waals surface area contributed by atoms with Crippen LogP contribution in [0.15, 0.2) is 24.3 Å². The first-order valence-corrected chi connectivity index (χ1v) is 8.81. The van der Waals surface area contributed by atoms with Gasteiger partial charge in [-0.25, -0.2) is 9.18 Å². The number of piperidine rings is 2. The Kier molecular flexibility index (Phi) is 5.40. The van der Waals surface area contributed by atoms with E-state index in [9.17, 15) is 14.0 Å². The van der Waals surface area contributed by atoms with Crippen molar-refractivity contribution in [3.8, 4) is 0 Å². The van der Waals surface area contributed by atoms with Gasteiger partial charge in [-0.3, -0.25) is 4.79 Å². The van der Waals surface area contributed by atoms with E-state index in [0.717, 1.165) is 25.1 Å². The van der Waals surface area contributed by atoms with Crippen LogP contribution in [-0.4, -0.2) is 54.2 Å². The summed E-state index contributed by atoms with van der Waals surface area (Å²) in [5, 5.41) is 12.2. The van der Waals surface area contributed by atoms with Crippen LogP contribution in [0.4, 0.5) is 14.9 Å². The number of urea groups is 1. The Morgan fingerprint density at radius 1 is 1.16 bits per heavy atom. The zero-order valence-electron chi connectivity index (χ0n) is 14.2. The zero-order valence-corrected chi connectivity index (χ0v) is 14.2. The monoisotopic (exact) mass is 349 g/mol. The van der Waals surface area contributed by atoms with E-state index in [1.807, 2.05) is 6.07 Å². The molecule has 0 radical (unpaired) electrons. The number of carboxylic acids is 1. The number of benzene rings is 1. The Morgan fingerprint density at radius 2 is 1.96 bits per heavy atom. The third-order valence-electron chi connectivity index (χ3n) is 4.98. The van der Waals surface area contributed by atoms with E-state index >= 15 is 0 Å². The van der Waals surface area contributed by atoms with Gasteiger partial charge in [-0.2, -0.15) is 0 Å². The molecule has 6 nitrogen and oxygen atoms in total. The third kappa shape index (κ3) is 4.41. The number of hydrogen-bond donors (Lipinski definition) is 2. The number of hydrogen-bond acceptors (Lipinski definition) is 3. The van der Waals surface area contributed by atoms with Crippen LogP contribution in [-0.2, 0) is 4.79 Å². The molecule has 0 saturated carbocycles. The second kappa shape index (κ2) is 7.72. The quantitative estimate of drug-likeness (QED) is 0.878. The number of carbonyl (C=O) groups excluding carboxylic acids is 1. The molecule has 1 aromatic rings. The minimum Gasteiger partial charge on any atom is -0.481 e. The molecule has 136 valence electrons. The number of halogens is 1. The van der Waals surface area contributed by atoms with Crippen LogP contribution in [0.5, 0.6) is 0 Å². The molecule has 2 unspecified atom stereocenters. The Morgan fingerprint density at radius 3 is 2.72 bits per heavy atom. The minimum absolute atomic E-state index is 0.0188. The molecule has 3 rings (SSSR count). The number of aliphatic carboxylic acids is 1.